The first-order chi connectivity index (χ1) is 14.1. The van der Waals surface area contributed by atoms with Gasteiger partial charge in [-0.05, 0) is 55.0 Å². The van der Waals surface area contributed by atoms with Crippen molar-refractivity contribution in [2.24, 2.45) is 5.10 Å². The minimum atomic E-state index is -0.537. The van der Waals surface area contributed by atoms with Gasteiger partial charge in [0, 0.05) is 4.88 Å². The van der Waals surface area contributed by atoms with E-state index in [1.54, 1.807) is 32.4 Å². The smallest absolute Gasteiger partial charge is 0.341 e. The molecule has 154 valence electrons. The highest BCUT2D eigenvalue weighted by Crippen LogP contribution is 2.38. The first-order valence-electron chi connectivity index (χ1n) is 9.12. The lowest BCUT2D eigenvalue weighted by atomic mass is 9.95. The van der Waals surface area contributed by atoms with Gasteiger partial charge < -0.3 is 14.2 Å². The van der Waals surface area contributed by atoms with Crippen molar-refractivity contribution in [1.29, 1.82) is 0 Å². The third-order valence-corrected chi connectivity index (χ3v) is 5.78. The molecule has 0 fully saturated rings. The van der Waals surface area contributed by atoms with E-state index in [9.17, 15) is 9.59 Å². The number of thiophene rings is 1. The highest BCUT2D eigenvalue weighted by molar-refractivity contribution is 7.17. The first kappa shape index (κ1) is 20.7. The van der Waals surface area contributed by atoms with Crippen molar-refractivity contribution in [2.45, 2.75) is 25.7 Å². The van der Waals surface area contributed by atoms with E-state index in [1.807, 2.05) is 0 Å². The molecule has 3 rings (SSSR count). The number of hydrogen-bond acceptors (Lipinski definition) is 7. The lowest BCUT2D eigenvalue weighted by Gasteiger charge is -2.11. The standard InChI is InChI=1S/C20H23N3O5S/c1-26-14-9-8-12(10-15(14)27-2)11-21-23-20(25)22-18-17(19(24)28-3)13-6-4-5-7-16(13)29-18/h8-11H,4-7H2,1-3H3,(H2,22,23,25). The van der Waals surface area contributed by atoms with Crippen LogP contribution < -0.4 is 20.2 Å². The number of methoxy groups -OCH3 is 3. The van der Waals surface area contributed by atoms with Crippen LogP contribution in [0, 0.1) is 0 Å². The van der Waals surface area contributed by atoms with E-state index in [1.165, 1.54) is 24.7 Å². The van der Waals surface area contributed by atoms with Crippen molar-refractivity contribution in [3.8, 4) is 11.5 Å². The molecular weight excluding hydrogens is 394 g/mol. The van der Waals surface area contributed by atoms with Crippen molar-refractivity contribution in [2.75, 3.05) is 26.6 Å². The summed E-state index contributed by atoms with van der Waals surface area (Å²) in [7, 11) is 4.44. The molecule has 9 heteroatoms. The molecule has 1 aromatic heterocycles. The second kappa shape index (κ2) is 9.42. The molecule has 1 heterocycles. The van der Waals surface area contributed by atoms with Gasteiger partial charge in [0.15, 0.2) is 11.5 Å². The van der Waals surface area contributed by atoms with Crippen LogP contribution in [0.3, 0.4) is 0 Å². The number of aryl methyl sites for hydroxylation is 1. The second-order valence-electron chi connectivity index (χ2n) is 6.35. The summed E-state index contributed by atoms with van der Waals surface area (Å²) in [5, 5.41) is 7.16. The highest BCUT2D eigenvalue weighted by Gasteiger charge is 2.26. The first-order valence-corrected chi connectivity index (χ1v) is 9.94. The van der Waals surface area contributed by atoms with Gasteiger partial charge in [-0.2, -0.15) is 5.10 Å². The Morgan fingerprint density at radius 2 is 1.86 bits per heavy atom. The minimum Gasteiger partial charge on any atom is -0.493 e. The van der Waals surface area contributed by atoms with Gasteiger partial charge in [0.05, 0.1) is 33.1 Å². The van der Waals surface area contributed by atoms with Crippen molar-refractivity contribution in [1.82, 2.24) is 5.43 Å². The van der Waals surface area contributed by atoms with E-state index in [0.29, 0.717) is 22.1 Å². The van der Waals surface area contributed by atoms with Gasteiger partial charge in [0.1, 0.15) is 5.00 Å². The van der Waals surface area contributed by atoms with E-state index in [0.717, 1.165) is 41.7 Å². The number of ether oxygens (including phenoxy) is 3. The van der Waals surface area contributed by atoms with Crippen molar-refractivity contribution in [3.63, 3.8) is 0 Å². The lowest BCUT2D eigenvalue weighted by Crippen LogP contribution is -2.24. The number of nitrogens with one attached hydrogen (secondary N) is 2. The Morgan fingerprint density at radius 1 is 1.10 bits per heavy atom. The molecule has 0 atom stereocenters. The Labute approximate surface area is 172 Å². The number of rotatable bonds is 6. The van der Waals surface area contributed by atoms with Crippen LogP contribution in [0.2, 0.25) is 0 Å². The Morgan fingerprint density at radius 3 is 2.59 bits per heavy atom. The summed E-state index contributed by atoms with van der Waals surface area (Å²) in [6, 6.07) is 4.74. The summed E-state index contributed by atoms with van der Waals surface area (Å²) in [4.78, 5) is 25.6. The van der Waals surface area contributed by atoms with Gasteiger partial charge in [-0.15, -0.1) is 11.3 Å². The minimum absolute atomic E-state index is 0.437. The van der Waals surface area contributed by atoms with E-state index in [4.69, 9.17) is 14.2 Å². The molecule has 1 aliphatic rings. The zero-order chi connectivity index (χ0) is 20.8. The molecule has 2 aromatic rings. The molecule has 2 N–H and O–H groups in total. The van der Waals surface area contributed by atoms with E-state index < -0.39 is 12.0 Å². The molecular formula is C20H23N3O5S. The van der Waals surface area contributed by atoms with Crippen LogP contribution in [0.25, 0.3) is 0 Å². The maximum atomic E-state index is 12.3. The molecule has 1 aromatic carbocycles. The number of urea groups is 1. The number of carbonyl (C=O) groups is 2. The molecule has 0 spiro atoms. The number of nitrogens with zero attached hydrogens (tertiary/aromatic N) is 1. The Hall–Kier alpha value is -3.07. The van der Waals surface area contributed by atoms with Crippen LogP contribution in [0.15, 0.2) is 23.3 Å². The van der Waals surface area contributed by atoms with E-state index >= 15 is 0 Å². The Balaban J connectivity index is 1.69. The number of anilines is 1. The molecule has 8 nitrogen and oxygen atoms in total. The molecule has 0 aliphatic heterocycles. The molecule has 29 heavy (non-hydrogen) atoms. The number of carbonyl (C=O) groups excluding carboxylic acids is 2. The zero-order valence-corrected chi connectivity index (χ0v) is 17.4. The van der Waals surface area contributed by atoms with Gasteiger partial charge in [-0.1, -0.05) is 0 Å². The van der Waals surface area contributed by atoms with Crippen molar-refractivity contribution < 1.29 is 23.8 Å². The van der Waals surface area contributed by atoms with Gasteiger partial charge in [-0.3, -0.25) is 5.32 Å². The molecule has 0 saturated heterocycles. The normalized spacial score (nSPS) is 12.9. The predicted molar refractivity (Wildman–Crippen MR) is 112 cm³/mol. The zero-order valence-electron chi connectivity index (χ0n) is 16.5. The predicted octanol–water partition coefficient (Wildman–Crippen LogP) is 3.59. The lowest BCUT2D eigenvalue weighted by molar-refractivity contribution is 0.0601. The third kappa shape index (κ3) is 4.68. The van der Waals surface area contributed by atoms with Crippen LogP contribution in [-0.2, 0) is 17.6 Å². The van der Waals surface area contributed by atoms with E-state index in [-0.39, 0.29) is 0 Å². The van der Waals surface area contributed by atoms with Crippen LogP contribution in [0.4, 0.5) is 9.80 Å². The van der Waals surface area contributed by atoms with Crippen LogP contribution in [0.5, 0.6) is 11.5 Å². The average molecular weight is 417 g/mol. The summed E-state index contributed by atoms with van der Waals surface area (Å²) in [6.07, 6.45) is 5.31. The van der Waals surface area contributed by atoms with Gasteiger partial charge >= 0.3 is 12.0 Å². The number of esters is 1. The third-order valence-electron chi connectivity index (χ3n) is 4.58. The van der Waals surface area contributed by atoms with Crippen molar-refractivity contribution in [3.05, 3.63) is 39.8 Å². The fourth-order valence-corrected chi connectivity index (χ4v) is 4.47. The van der Waals surface area contributed by atoms with Crippen LogP contribution in [-0.4, -0.2) is 39.5 Å². The van der Waals surface area contributed by atoms with Crippen LogP contribution in [0.1, 0.15) is 39.2 Å². The Kier molecular flexibility index (Phi) is 6.71. The second-order valence-corrected chi connectivity index (χ2v) is 7.45. The molecule has 1 aliphatic carbocycles. The Bertz CT molecular complexity index is 938. The molecule has 0 bridgehead atoms. The fourth-order valence-electron chi connectivity index (χ4n) is 3.20. The van der Waals surface area contributed by atoms with Crippen LogP contribution >= 0.6 is 11.3 Å². The maximum absolute atomic E-state index is 12.3. The number of benzene rings is 1. The molecule has 0 radical (unpaired) electrons. The number of hydrazone groups is 1. The summed E-state index contributed by atoms with van der Waals surface area (Å²) >= 11 is 1.42. The summed E-state index contributed by atoms with van der Waals surface area (Å²) in [6.45, 7) is 0. The largest absolute Gasteiger partial charge is 0.493 e. The SMILES string of the molecule is COC(=O)c1c(NC(=O)NN=Cc2ccc(OC)c(OC)c2)sc2c1CCCC2. The van der Waals surface area contributed by atoms with Gasteiger partial charge in [0.25, 0.3) is 0 Å². The number of fused-ring (bicyclic) bond motifs is 1. The average Bonchev–Trinajstić information content (AvgIpc) is 3.10. The number of hydrogen-bond donors (Lipinski definition) is 2. The highest BCUT2D eigenvalue weighted by atomic mass is 32.1. The summed E-state index contributed by atoms with van der Waals surface area (Å²) in [5.74, 6) is 0.730. The van der Waals surface area contributed by atoms with Gasteiger partial charge in [-0.25, -0.2) is 15.0 Å². The quantitative estimate of drug-likeness (QED) is 0.425. The monoisotopic (exact) mass is 417 g/mol. The number of amides is 2. The molecule has 2 amide bonds. The maximum Gasteiger partial charge on any atom is 0.341 e. The topological polar surface area (TPSA) is 98.2 Å². The van der Waals surface area contributed by atoms with Crippen molar-refractivity contribution >= 4 is 34.6 Å². The summed E-state index contributed by atoms with van der Waals surface area (Å²) in [5.41, 5.74) is 4.57. The molecule has 0 unspecified atom stereocenters. The van der Waals surface area contributed by atoms with Gasteiger partial charge in [0.2, 0.25) is 0 Å². The van der Waals surface area contributed by atoms with E-state index in [2.05, 4.69) is 15.8 Å². The molecule has 0 saturated carbocycles. The fraction of sp³-hybridized carbons (Fsp3) is 0.350. The summed E-state index contributed by atoms with van der Waals surface area (Å²) < 4.78 is 15.3.